The normalized spacial score (nSPS) is 43.8. The van der Waals surface area contributed by atoms with E-state index in [0.29, 0.717) is 6.42 Å². The Balaban J connectivity index is 2.05. The summed E-state index contributed by atoms with van der Waals surface area (Å²) < 4.78 is 93.0. The molecule has 3 aliphatic rings. The fourth-order valence-corrected chi connectivity index (χ4v) is 4.69. The van der Waals surface area contributed by atoms with Gasteiger partial charge in [-0.2, -0.15) is 26.3 Å². The molecule has 0 heterocycles. The number of halogens is 7. The first-order valence-corrected chi connectivity index (χ1v) is 7.25. The monoisotopic (exact) mass is 348 g/mol. The van der Waals surface area contributed by atoms with Gasteiger partial charge in [0.25, 0.3) is 5.60 Å². The third-order valence-electron chi connectivity index (χ3n) is 5.79. The van der Waals surface area contributed by atoms with E-state index in [4.69, 9.17) is 0 Å². The molecule has 0 amide bonds. The van der Waals surface area contributed by atoms with Crippen LogP contribution in [0.4, 0.5) is 30.7 Å². The minimum Gasteiger partial charge on any atom is -0.389 e. The molecule has 6 unspecified atom stereocenters. The van der Waals surface area contributed by atoms with E-state index in [1.807, 2.05) is 6.08 Å². The van der Waals surface area contributed by atoms with Crippen molar-refractivity contribution < 1.29 is 40.9 Å². The molecule has 0 radical (unpaired) electrons. The van der Waals surface area contributed by atoms with E-state index in [-0.39, 0.29) is 18.3 Å². The fraction of sp³-hybridized carbons (Fsp3) is 0.857. The summed E-state index contributed by atoms with van der Waals surface area (Å²) in [6, 6.07) is 0. The molecule has 23 heavy (non-hydrogen) atoms. The van der Waals surface area contributed by atoms with E-state index in [1.165, 1.54) is 0 Å². The van der Waals surface area contributed by atoms with E-state index in [1.54, 1.807) is 6.08 Å². The predicted octanol–water partition coefficient (Wildman–Crippen LogP) is 3.14. The average Bonchev–Trinajstić information content (AvgIpc) is 3.00. The molecule has 132 valence electrons. The quantitative estimate of drug-likeness (QED) is 0.565. The van der Waals surface area contributed by atoms with Gasteiger partial charge in [0.2, 0.25) is 0 Å². The van der Waals surface area contributed by atoms with Gasteiger partial charge < -0.3 is 10.2 Å². The SMILES string of the molecule is OC1C2C3C=CC(C3)C2CCC1(F)C(O)(C(F)(F)F)C(F)(F)F. The molecular weight excluding hydrogens is 333 g/mol. The summed E-state index contributed by atoms with van der Waals surface area (Å²) in [4.78, 5) is 0. The van der Waals surface area contributed by atoms with Gasteiger partial charge in [0, 0.05) is 0 Å². The van der Waals surface area contributed by atoms with Crippen LogP contribution in [0, 0.1) is 23.7 Å². The Morgan fingerprint density at radius 2 is 1.48 bits per heavy atom. The van der Waals surface area contributed by atoms with Crippen LogP contribution in [0.15, 0.2) is 12.2 Å². The first kappa shape index (κ1) is 17.0. The summed E-state index contributed by atoms with van der Waals surface area (Å²) in [7, 11) is 0. The Hall–Kier alpha value is -0.830. The Morgan fingerprint density at radius 3 is 2.00 bits per heavy atom. The Morgan fingerprint density at radius 1 is 0.957 bits per heavy atom. The fourth-order valence-electron chi connectivity index (χ4n) is 4.69. The summed E-state index contributed by atoms with van der Waals surface area (Å²) in [5.74, 6) is -1.91. The second kappa shape index (κ2) is 4.62. The zero-order valence-electron chi connectivity index (χ0n) is 11.7. The average molecular weight is 348 g/mol. The van der Waals surface area contributed by atoms with E-state index in [2.05, 4.69) is 0 Å². The van der Waals surface area contributed by atoms with Gasteiger partial charge in [-0.1, -0.05) is 12.2 Å². The number of allylic oxidation sites excluding steroid dienone is 2. The molecule has 9 heteroatoms. The number of aliphatic hydroxyl groups is 2. The van der Waals surface area contributed by atoms with Gasteiger partial charge in [0.05, 0.1) is 6.10 Å². The molecule has 2 saturated carbocycles. The highest BCUT2D eigenvalue weighted by molar-refractivity contribution is 5.23. The van der Waals surface area contributed by atoms with E-state index >= 15 is 4.39 Å². The molecular formula is C14H15F7O2. The summed E-state index contributed by atoms with van der Waals surface area (Å²) >= 11 is 0. The predicted molar refractivity (Wildman–Crippen MR) is 63.9 cm³/mol. The van der Waals surface area contributed by atoms with Crippen LogP contribution in [0.5, 0.6) is 0 Å². The maximum absolute atomic E-state index is 15.0. The minimum atomic E-state index is -6.29. The van der Waals surface area contributed by atoms with Crippen molar-refractivity contribution in [2.45, 2.75) is 49.0 Å². The van der Waals surface area contributed by atoms with Crippen LogP contribution < -0.4 is 0 Å². The smallest absolute Gasteiger partial charge is 0.389 e. The molecule has 0 aromatic heterocycles. The zero-order valence-corrected chi connectivity index (χ0v) is 11.7. The Kier molecular flexibility index (Phi) is 3.42. The van der Waals surface area contributed by atoms with Gasteiger partial charge in [-0.05, 0) is 42.9 Å². The molecule has 0 aliphatic heterocycles. The third-order valence-corrected chi connectivity index (χ3v) is 5.79. The lowest BCUT2D eigenvalue weighted by atomic mass is 9.61. The number of rotatable bonds is 1. The molecule has 2 fully saturated rings. The number of aliphatic hydroxyl groups excluding tert-OH is 1. The Bertz CT molecular complexity index is 512. The van der Waals surface area contributed by atoms with Crippen LogP contribution in [0.1, 0.15) is 19.3 Å². The summed E-state index contributed by atoms with van der Waals surface area (Å²) in [6.45, 7) is 0. The molecule has 3 rings (SSSR count). The molecule has 0 aromatic rings. The van der Waals surface area contributed by atoms with Gasteiger partial charge in [0.15, 0.2) is 5.67 Å². The van der Waals surface area contributed by atoms with Crippen LogP contribution in [-0.4, -0.2) is 39.9 Å². The van der Waals surface area contributed by atoms with E-state index in [9.17, 15) is 36.6 Å². The largest absolute Gasteiger partial charge is 0.429 e. The standard InChI is InChI=1S/C14H15F7O2/c15-11(12(23,13(16,17)18)14(19,20)21)4-3-8-6-1-2-7(5-6)9(8)10(11)22/h1-2,6-10,22-23H,3-5H2. The van der Waals surface area contributed by atoms with Crippen molar-refractivity contribution in [1.82, 2.24) is 0 Å². The third kappa shape index (κ3) is 1.95. The number of alkyl halides is 7. The molecule has 6 atom stereocenters. The lowest BCUT2D eigenvalue weighted by Crippen LogP contribution is -2.75. The lowest BCUT2D eigenvalue weighted by molar-refractivity contribution is -0.417. The maximum Gasteiger partial charge on any atom is 0.429 e. The summed E-state index contributed by atoms with van der Waals surface area (Å²) in [6.07, 6.45) is -12.7. The van der Waals surface area contributed by atoms with Gasteiger partial charge in [-0.15, -0.1) is 0 Å². The highest BCUT2D eigenvalue weighted by Gasteiger charge is 2.83. The zero-order chi connectivity index (χ0) is 17.4. The molecule has 2 N–H and O–H groups in total. The topological polar surface area (TPSA) is 40.5 Å². The van der Waals surface area contributed by atoms with Crippen molar-refractivity contribution in [3.63, 3.8) is 0 Å². The molecule has 0 spiro atoms. The van der Waals surface area contributed by atoms with Gasteiger partial charge in [-0.3, -0.25) is 0 Å². The van der Waals surface area contributed by atoms with Crippen molar-refractivity contribution in [2.24, 2.45) is 23.7 Å². The molecule has 0 saturated heterocycles. The molecule has 0 aromatic carbocycles. The van der Waals surface area contributed by atoms with Crippen LogP contribution in [-0.2, 0) is 0 Å². The highest BCUT2D eigenvalue weighted by atomic mass is 19.4. The van der Waals surface area contributed by atoms with Crippen molar-refractivity contribution in [2.75, 3.05) is 0 Å². The van der Waals surface area contributed by atoms with E-state index < -0.39 is 48.0 Å². The van der Waals surface area contributed by atoms with Crippen molar-refractivity contribution >= 4 is 0 Å². The van der Waals surface area contributed by atoms with Crippen molar-refractivity contribution in [3.8, 4) is 0 Å². The van der Waals surface area contributed by atoms with Crippen molar-refractivity contribution in [3.05, 3.63) is 12.2 Å². The maximum atomic E-state index is 15.0. The Labute approximate surface area is 127 Å². The van der Waals surface area contributed by atoms with Crippen LogP contribution in [0.25, 0.3) is 0 Å². The second-order valence-electron chi connectivity index (χ2n) is 6.74. The minimum absolute atomic E-state index is 0.0610. The number of hydrogen-bond acceptors (Lipinski definition) is 2. The first-order chi connectivity index (χ1) is 10.3. The molecule has 2 nitrogen and oxygen atoms in total. The van der Waals surface area contributed by atoms with Crippen LogP contribution in [0.2, 0.25) is 0 Å². The van der Waals surface area contributed by atoms with E-state index in [0.717, 1.165) is 0 Å². The number of fused-ring (bicyclic) bond motifs is 5. The van der Waals surface area contributed by atoms with Gasteiger partial charge in [0.1, 0.15) is 0 Å². The van der Waals surface area contributed by atoms with Gasteiger partial charge in [-0.25, -0.2) is 4.39 Å². The first-order valence-electron chi connectivity index (χ1n) is 7.25. The van der Waals surface area contributed by atoms with Crippen molar-refractivity contribution in [1.29, 1.82) is 0 Å². The number of hydrogen-bond donors (Lipinski definition) is 2. The highest BCUT2D eigenvalue weighted by Crippen LogP contribution is 2.62. The molecule has 2 bridgehead atoms. The summed E-state index contributed by atoms with van der Waals surface area (Å²) in [5.41, 5.74) is -9.81. The van der Waals surface area contributed by atoms with Crippen LogP contribution in [0.3, 0.4) is 0 Å². The summed E-state index contributed by atoms with van der Waals surface area (Å²) in [5, 5.41) is 19.5. The van der Waals surface area contributed by atoms with Crippen LogP contribution >= 0.6 is 0 Å². The van der Waals surface area contributed by atoms with Gasteiger partial charge >= 0.3 is 12.4 Å². The lowest BCUT2D eigenvalue weighted by Gasteiger charge is -2.51. The molecule has 3 aliphatic carbocycles. The second-order valence-corrected chi connectivity index (χ2v) is 6.74.